The first-order chi connectivity index (χ1) is 7.58. The van der Waals surface area contributed by atoms with Gasteiger partial charge in [0.1, 0.15) is 6.04 Å². The molecule has 0 bridgehead atoms. The van der Waals surface area contributed by atoms with E-state index in [4.69, 9.17) is 15.6 Å². The van der Waals surface area contributed by atoms with Crippen LogP contribution in [0.25, 0.3) is 0 Å². The van der Waals surface area contributed by atoms with E-state index in [-0.39, 0.29) is 11.4 Å². The Morgan fingerprint density at radius 2 is 2.38 bits per heavy atom. The zero-order chi connectivity index (χ0) is 12.1. The first kappa shape index (κ1) is 12.4. The summed E-state index contributed by atoms with van der Waals surface area (Å²) in [6.07, 6.45) is 0. The number of aliphatic hydroxyl groups excluding tert-OH is 1. The molecule has 0 aromatic heterocycles. The van der Waals surface area contributed by atoms with Gasteiger partial charge in [-0.2, -0.15) is 0 Å². The predicted molar refractivity (Wildman–Crippen MR) is 56.6 cm³/mol. The number of rotatable bonds is 4. The molecule has 6 heteroatoms. The summed E-state index contributed by atoms with van der Waals surface area (Å²) >= 11 is 0. The number of hydrogen-bond donors (Lipinski definition) is 3. The van der Waals surface area contributed by atoms with Crippen molar-refractivity contribution in [2.75, 3.05) is 19.0 Å². The number of anilines is 1. The van der Waals surface area contributed by atoms with Gasteiger partial charge in [0.25, 0.3) is 0 Å². The van der Waals surface area contributed by atoms with E-state index in [2.05, 4.69) is 5.32 Å². The Labute approximate surface area is 92.0 Å². The standard InChI is InChI=1S/C10H13FN2O3/c1-16-9-3-2-6(4-7(9)11)13-10(15)8(12)5-14/h2-4,8,14H,5,12H2,1H3,(H,13,15). The Kier molecular flexibility index (Phi) is 4.21. The lowest BCUT2D eigenvalue weighted by Crippen LogP contribution is -2.38. The van der Waals surface area contributed by atoms with E-state index in [1.165, 1.54) is 19.2 Å². The maximum atomic E-state index is 13.2. The monoisotopic (exact) mass is 228 g/mol. The van der Waals surface area contributed by atoms with Crippen LogP contribution in [0.2, 0.25) is 0 Å². The maximum absolute atomic E-state index is 13.2. The van der Waals surface area contributed by atoms with Crippen LogP contribution in [0.1, 0.15) is 0 Å². The summed E-state index contributed by atoms with van der Waals surface area (Å²) < 4.78 is 17.9. The molecule has 0 aliphatic carbocycles. The molecule has 0 aliphatic heterocycles. The van der Waals surface area contributed by atoms with Crippen molar-refractivity contribution in [3.05, 3.63) is 24.0 Å². The van der Waals surface area contributed by atoms with Crippen LogP contribution in [-0.4, -0.2) is 30.8 Å². The molecular weight excluding hydrogens is 215 g/mol. The van der Waals surface area contributed by atoms with Gasteiger partial charge in [-0.25, -0.2) is 4.39 Å². The predicted octanol–water partition coefficient (Wildman–Crippen LogP) is 0.0924. The Bertz CT molecular complexity index is 384. The molecule has 16 heavy (non-hydrogen) atoms. The maximum Gasteiger partial charge on any atom is 0.243 e. The summed E-state index contributed by atoms with van der Waals surface area (Å²) in [6.45, 7) is -0.468. The zero-order valence-electron chi connectivity index (χ0n) is 8.74. The average Bonchev–Trinajstić information content (AvgIpc) is 2.28. The topological polar surface area (TPSA) is 84.6 Å². The molecular formula is C10H13FN2O3. The molecule has 1 atom stereocenters. The molecule has 0 saturated carbocycles. The molecule has 5 nitrogen and oxygen atoms in total. The van der Waals surface area contributed by atoms with Crippen LogP contribution in [0.15, 0.2) is 18.2 Å². The van der Waals surface area contributed by atoms with Gasteiger partial charge in [-0.15, -0.1) is 0 Å². The lowest BCUT2D eigenvalue weighted by Gasteiger charge is -2.10. The normalized spacial score (nSPS) is 12.0. The molecule has 4 N–H and O–H groups in total. The second kappa shape index (κ2) is 5.43. The van der Waals surface area contributed by atoms with E-state index in [0.717, 1.165) is 6.07 Å². The molecule has 1 aromatic carbocycles. The van der Waals surface area contributed by atoms with Crippen molar-refractivity contribution < 1.29 is 19.0 Å². The number of amides is 1. The number of benzene rings is 1. The summed E-state index contributed by atoms with van der Waals surface area (Å²) in [5.74, 6) is -1.07. The van der Waals surface area contributed by atoms with Crippen molar-refractivity contribution in [1.82, 2.24) is 0 Å². The minimum atomic E-state index is -1.02. The van der Waals surface area contributed by atoms with Crippen LogP contribution in [-0.2, 0) is 4.79 Å². The summed E-state index contributed by atoms with van der Waals surface area (Å²) in [5.41, 5.74) is 5.53. The van der Waals surface area contributed by atoms with Crippen molar-refractivity contribution in [2.45, 2.75) is 6.04 Å². The van der Waals surface area contributed by atoms with E-state index in [0.29, 0.717) is 0 Å². The number of aliphatic hydroxyl groups is 1. The number of ether oxygens (including phenoxy) is 1. The van der Waals surface area contributed by atoms with Gasteiger partial charge in [0.05, 0.1) is 13.7 Å². The fourth-order valence-corrected chi connectivity index (χ4v) is 1.06. The molecule has 1 amide bonds. The van der Waals surface area contributed by atoms with Gasteiger partial charge in [-0.3, -0.25) is 4.79 Å². The van der Waals surface area contributed by atoms with E-state index in [9.17, 15) is 9.18 Å². The zero-order valence-corrected chi connectivity index (χ0v) is 8.74. The first-order valence-corrected chi connectivity index (χ1v) is 4.59. The number of halogens is 1. The highest BCUT2D eigenvalue weighted by atomic mass is 19.1. The van der Waals surface area contributed by atoms with Crippen molar-refractivity contribution in [1.29, 1.82) is 0 Å². The van der Waals surface area contributed by atoms with Crippen LogP contribution < -0.4 is 15.8 Å². The first-order valence-electron chi connectivity index (χ1n) is 4.59. The highest BCUT2D eigenvalue weighted by Crippen LogP contribution is 2.20. The molecule has 1 aromatic rings. The summed E-state index contributed by atoms with van der Waals surface area (Å²) in [6, 6.07) is 2.95. The van der Waals surface area contributed by atoms with Crippen molar-refractivity contribution in [3.63, 3.8) is 0 Å². The smallest absolute Gasteiger partial charge is 0.243 e. The molecule has 1 rings (SSSR count). The SMILES string of the molecule is COc1ccc(NC(=O)C(N)CO)cc1F. The van der Waals surface area contributed by atoms with Crippen LogP contribution in [0.5, 0.6) is 5.75 Å². The highest BCUT2D eigenvalue weighted by Gasteiger charge is 2.12. The largest absolute Gasteiger partial charge is 0.494 e. The van der Waals surface area contributed by atoms with Crippen LogP contribution in [0.3, 0.4) is 0 Å². The fraction of sp³-hybridized carbons (Fsp3) is 0.300. The van der Waals surface area contributed by atoms with Gasteiger partial charge < -0.3 is 20.9 Å². The summed E-state index contributed by atoms with van der Waals surface area (Å²) in [5, 5.41) is 11.0. The third kappa shape index (κ3) is 2.91. The quantitative estimate of drug-likeness (QED) is 0.682. The molecule has 0 aliphatic rings. The molecule has 0 radical (unpaired) electrons. The van der Waals surface area contributed by atoms with Crippen LogP contribution >= 0.6 is 0 Å². The van der Waals surface area contributed by atoms with E-state index in [1.54, 1.807) is 0 Å². The van der Waals surface area contributed by atoms with Gasteiger partial charge >= 0.3 is 0 Å². The average molecular weight is 228 g/mol. The lowest BCUT2D eigenvalue weighted by atomic mass is 10.2. The number of methoxy groups -OCH3 is 1. The van der Waals surface area contributed by atoms with Gasteiger partial charge in [-0.1, -0.05) is 0 Å². The molecule has 0 heterocycles. The second-order valence-corrected chi connectivity index (χ2v) is 3.13. The highest BCUT2D eigenvalue weighted by molar-refractivity contribution is 5.94. The van der Waals surface area contributed by atoms with Crippen molar-refractivity contribution >= 4 is 11.6 Å². The minimum Gasteiger partial charge on any atom is -0.494 e. The van der Waals surface area contributed by atoms with Crippen molar-refractivity contribution in [2.24, 2.45) is 5.73 Å². The Hall–Kier alpha value is -1.66. The minimum absolute atomic E-state index is 0.0875. The van der Waals surface area contributed by atoms with E-state index >= 15 is 0 Å². The lowest BCUT2D eigenvalue weighted by molar-refractivity contribution is -0.118. The van der Waals surface area contributed by atoms with E-state index < -0.39 is 24.4 Å². The molecule has 0 fully saturated rings. The van der Waals surface area contributed by atoms with Gasteiger partial charge in [-0.05, 0) is 12.1 Å². The van der Waals surface area contributed by atoms with Gasteiger partial charge in [0, 0.05) is 11.8 Å². The van der Waals surface area contributed by atoms with E-state index in [1.807, 2.05) is 0 Å². The fourth-order valence-electron chi connectivity index (χ4n) is 1.06. The molecule has 88 valence electrons. The van der Waals surface area contributed by atoms with Gasteiger partial charge in [0.2, 0.25) is 5.91 Å². The number of carbonyl (C=O) groups is 1. The Morgan fingerprint density at radius 3 is 2.88 bits per heavy atom. The van der Waals surface area contributed by atoms with Crippen LogP contribution in [0, 0.1) is 5.82 Å². The molecule has 0 spiro atoms. The Morgan fingerprint density at radius 1 is 1.69 bits per heavy atom. The Balaban J connectivity index is 2.75. The molecule has 0 saturated heterocycles. The summed E-state index contributed by atoms with van der Waals surface area (Å²) in [7, 11) is 1.35. The second-order valence-electron chi connectivity index (χ2n) is 3.13. The number of hydrogen-bond acceptors (Lipinski definition) is 4. The van der Waals surface area contributed by atoms with Crippen LogP contribution in [0.4, 0.5) is 10.1 Å². The molecule has 1 unspecified atom stereocenters. The number of carbonyl (C=O) groups excluding carboxylic acids is 1. The number of nitrogens with two attached hydrogens (primary N) is 1. The third-order valence-corrected chi connectivity index (χ3v) is 1.95. The van der Waals surface area contributed by atoms with Gasteiger partial charge in [0.15, 0.2) is 11.6 Å². The van der Waals surface area contributed by atoms with Crippen molar-refractivity contribution in [3.8, 4) is 5.75 Å². The third-order valence-electron chi connectivity index (χ3n) is 1.95. The number of nitrogens with one attached hydrogen (secondary N) is 1. The summed E-state index contributed by atoms with van der Waals surface area (Å²) in [4.78, 5) is 11.3.